The molecule has 0 aromatic carbocycles. The minimum atomic E-state index is 0.472. The van der Waals surface area contributed by atoms with Crippen molar-refractivity contribution in [3.05, 3.63) is 36.7 Å². The van der Waals surface area contributed by atoms with Crippen LogP contribution < -0.4 is 5.32 Å². The number of hydrogen-bond donors (Lipinski definition) is 2. The summed E-state index contributed by atoms with van der Waals surface area (Å²) in [5.74, 6) is 0. The SMILES string of the molecule is C=CC[C@H](c1ccc[nH]1)N1CCNCC1. The lowest BCUT2D eigenvalue weighted by molar-refractivity contribution is 0.172. The van der Waals surface area contributed by atoms with Crippen molar-refractivity contribution in [1.82, 2.24) is 15.2 Å². The van der Waals surface area contributed by atoms with E-state index in [-0.39, 0.29) is 0 Å². The predicted molar refractivity (Wildman–Crippen MR) is 62.8 cm³/mol. The average molecular weight is 205 g/mol. The first kappa shape index (κ1) is 10.5. The minimum Gasteiger partial charge on any atom is -0.364 e. The van der Waals surface area contributed by atoms with E-state index >= 15 is 0 Å². The molecule has 2 rings (SSSR count). The Balaban J connectivity index is 2.07. The number of rotatable bonds is 4. The van der Waals surface area contributed by atoms with Gasteiger partial charge in [0.2, 0.25) is 0 Å². The van der Waals surface area contributed by atoms with Gasteiger partial charge in [-0.25, -0.2) is 0 Å². The molecule has 1 aromatic heterocycles. The Morgan fingerprint density at radius 3 is 2.87 bits per heavy atom. The maximum absolute atomic E-state index is 3.85. The van der Waals surface area contributed by atoms with Gasteiger partial charge in [-0.1, -0.05) is 6.08 Å². The van der Waals surface area contributed by atoms with Crippen LogP contribution in [0.4, 0.5) is 0 Å². The molecule has 0 radical (unpaired) electrons. The number of nitrogens with zero attached hydrogens (tertiary/aromatic N) is 1. The van der Waals surface area contributed by atoms with Gasteiger partial charge in [-0.2, -0.15) is 0 Å². The van der Waals surface area contributed by atoms with Crippen LogP contribution in [-0.2, 0) is 0 Å². The lowest BCUT2D eigenvalue weighted by atomic mass is 10.1. The van der Waals surface area contributed by atoms with E-state index in [1.54, 1.807) is 0 Å². The highest BCUT2D eigenvalue weighted by Gasteiger charge is 2.21. The topological polar surface area (TPSA) is 31.1 Å². The van der Waals surface area contributed by atoms with Gasteiger partial charge in [0.15, 0.2) is 0 Å². The molecular formula is C12H19N3. The number of aromatic amines is 1. The molecule has 3 nitrogen and oxygen atoms in total. The largest absolute Gasteiger partial charge is 0.364 e. The maximum atomic E-state index is 3.85. The van der Waals surface area contributed by atoms with Gasteiger partial charge in [0, 0.05) is 38.1 Å². The van der Waals surface area contributed by atoms with Crippen molar-refractivity contribution in [1.29, 1.82) is 0 Å². The van der Waals surface area contributed by atoms with Crippen molar-refractivity contribution in [2.75, 3.05) is 26.2 Å². The molecule has 1 aromatic rings. The fraction of sp³-hybridized carbons (Fsp3) is 0.500. The molecule has 2 N–H and O–H groups in total. The highest BCUT2D eigenvalue weighted by molar-refractivity contribution is 5.11. The van der Waals surface area contributed by atoms with E-state index in [2.05, 4.69) is 33.9 Å². The summed E-state index contributed by atoms with van der Waals surface area (Å²) < 4.78 is 0. The third-order valence-corrected chi connectivity index (χ3v) is 2.96. The average Bonchev–Trinajstić information content (AvgIpc) is 2.80. The van der Waals surface area contributed by atoms with Crippen molar-refractivity contribution in [3.8, 4) is 0 Å². The Kier molecular flexibility index (Phi) is 3.59. The molecule has 2 heterocycles. The van der Waals surface area contributed by atoms with Crippen LogP contribution in [0.3, 0.4) is 0 Å². The van der Waals surface area contributed by atoms with Crippen LogP contribution in [0.25, 0.3) is 0 Å². The van der Waals surface area contributed by atoms with Crippen molar-refractivity contribution < 1.29 is 0 Å². The van der Waals surface area contributed by atoms with Crippen LogP contribution >= 0.6 is 0 Å². The van der Waals surface area contributed by atoms with E-state index in [9.17, 15) is 0 Å². The van der Waals surface area contributed by atoms with Gasteiger partial charge in [0.25, 0.3) is 0 Å². The summed E-state index contributed by atoms with van der Waals surface area (Å²) in [4.78, 5) is 5.83. The zero-order valence-corrected chi connectivity index (χ0v) is 9.08. The molecule has 0 saturated carbocycles. The lowest BCUT2D eigenvalue weighted by Gasteiger charge is -2.34. The Bertz CT molecular complexity index is 286. The Morgan fingerprint density at radius 2 is 2.27 bits per heavy atom. The highest BCUT2D eigenvalue weighted by atomic mass is 15.2. The van der Waals surface area contributed by atoms with E-state index in [0.29, 0.717) is 6.04 Å². The molecule has 0 bridgehead atoms. The fourth-order valence-electron chi connectivity index (χ4n) is 2.18. The monoisotopic (exact) mass is 205 g/mol. The third kappa shape index (κ3) is 2.49. The molecule has 3 heteroatoms. The van der Waals surface area contributed by atoms with Gasteiger partial charge < -0.3 is 10.3 Å². The molecule has 1 saturated heterocycles. The normalized spacial score (nSPS) is 20.0. The molecule has 0 spiro atoms. The standard InChI is InChI=1S/C12H19N3/c1-2-4-12(11-5-3-6-14-11)15-9-7-13-8-10-15/h2-3,5-6,12-14H,1,4,7-10H2/t12-/m1/s1. The van der Waals surface area contributed by atoms with Crippen molar-refractivity contribution >= 4 is 0 Å². The second kappa shape index (κ2) is 5.14. The van der Waals surface area contributed by atoms with Crippen LogP contribution in [0, 0.1) is 0 Å². The quantitative estimate of drug-likeness (QED) is 0.730. The summed E-state index contributed by atoms with van der Waals surface area (Å²) in [6.45, 7) is 8.28. The Hall–Kier alpha value is -1.06. The molecule has 0 aliphatic carbocycles. The molecule has 82 valence electrons. The van der Waals surface area contributed by atoms with Crippen molar-refractivity contribution in [3.63, 3.8) is 0 Å². The maximum Gasteiger partial charge on any atom is 0.0533 e. The second-order valence-corrected chi connectivity index (χ2v) is 3.95. The number of H-pyrrole nitrogens is 1. The number of hydrogen-bond acceptors (Lipinski definition) is 2. The third-order valence-electron chi connectivity index (χ3n) is 2.96. The van der Waals surface area contributed by atoms with Crippen molar-refractivity contribution in [2.24, 2.45) is 0 Å². The van der Waals surface area contributed by atoms with Gasteiger partial charge in [-0.15, -0.1) is 6.58 Å². The summed E-state index contributed by atoms with van der Waals surface area (Å²) in [6, 6.07) is 4.70. The van der Waals surface area contributed by atoms with Gasteiger partial charge in [-0.05, 0) is 18.6 Å². The molecule has 15 heavy (non-hydrogen) atoms. The predicted octanol–water partition coefficient (Wildman–Crippen LogP) is 1.54. The van der Waals surface area contributed by atoms with Crippen LogP contribution in [0.2, 0.25) is 0 Å². The van der Waals surface area contributed by atoms with Gasteiger partial charge in [0.1, 0.15) is 0 Å². The highest BCUT2D eigenvalue weighted by Crippen LogP contribution is 2.23. The molecule has 1 aliphatic rings. The van der Waals surface area contributed by atoms with Gasteiger partial charge in [-0.3, -0.25) is 4.90 Å². The number of aromatic nitrogens is 1. The summed E-state index contributed by atoms with van der Waals surface area (Å²) in [6.07, 6.45) is 5.02. The first-order valence-electron chi connectivity index (χ1n) is 5.61. The van der Waals surface area contributed by atoms with Gasteiger partial charge in [0.05, 0.1) is 6.04 Å². The summed E-state index contributed by atoms with van der Waals surface area (Å²) in [5.41, 5.74) is 1.30. The lowest BCUT2D eigenvalue weighted by Crippen LogP contribution is -2.45. The first-order valence-corrected chi connectivity index (χ1v) is 5.61. The summed E-state index contributed by atoms with van der Waals surface area (Å²) in [5, 5.41) is 3.38. The van der Waals surface area contributed by atoms with Gasteiger partial charge >= 0.3 is 0 Å². The Morgan fingerprint density at radius 1 is 1.47 bits per heavy atom. The smallest absolute Gasteiger partial charge is 0.0533 e. The van der Waals surface area contributed by atoms with Crippen LogP contribution in [0.5, 0.6) is 0 Å². The first-order chi connectivity index (χ1) is 7.42. The summed E-state index contributed by atoms with van der Waals surface area (Å²) in [7, 11) is 0. The van der Waals surface area contributed by atoms with E-state index in [1.807, 2.05) is 12.3 Å². The molecular weight excluding hydrogens is 186 g/mol. The van der Waals surface area contributed by atoms with E-state index in [4.69, 9.17) is 0 Å². The van der Waals surface area contributed by atoms with Crippen LogP contribution in [-0.4, -0.2) is 36.1 Å². The van der Waals surface area contributed by atoms with Crippen LogP contribution in [0.1, 0.15) is 18.2 Å². The molecule has 0 amide bonds. The second-order valence-electron chi connectivity index (χ2n) is 3.95. The molecule has 1 fully saturated rings. The van der Waals surface area contributed by atoms with E-state index < -0.39 is 0 Å². The number of nitrogens with one attached hydrogen (secondary N) is 2. The zero-order valence-electron chi connectivity index (χ0n) is 9.08. The molecule has 1 aliphatic heterocycles. The minimum absolute atomic E-state index is 0.472. The molecule has 1 atom stereocenters. The van der Waals surface area contributed by atoms with E-state index in [1.165, 1.54) is 5.69 Å². The van der Waals surface area contributed by atoms with Crippen molar-refractivity contribution in [2.45, 2.75) is 12.5 Å². The molecule has 0 unspecified atom stereocenters. The van der Waals surface area contributed by atoms with Crippen LogP contribution in [0.15, 0.2) is 31.0 Å². The number of piperazine rings is 1. The Labute approximate surface area is 91.2 Å². The zero-order chi connectivity index (χ0) is 10.5. The summed E-state index contributed by atoms with van der Waals surface area (Å²) >= 11 is 0. The van der Waals surface area contributed by atoms with E-state index in [0.717, 1.165) is 32.6 Å². The fourth-order valence-corrected chi connectivity index (χ4v) is 2.18.